The Hall–Kier alpha value is -1.59. The molecule has 2 rings (SSSR count). The Kier molecular flexibility index (Phi) is 6.02. The summed E-state index contributed by atoms with van der Waals surface area (Å²) < 4.78 is 12.2. The molecule has 1 aromatic heterocycles. The highest BCUT2D eigenvalue weighted by atomic mass is 79.9. The van der Waals surface area contributed by atoms with Gasteiger partial charge < -0.3 is 14.8 Å². The fourth-order valence-electron chi connectivity index (χ4n) is 2.04. The Morgan fingerprint density at radius 1 is 1.19 bits per heavy atom. The largest absolute Gasteiger partial charge is 0.493 e. The van der Waals surface area contributed by atoms with Gasteiger partial charge in [-0.15, -0.1) is 0 Å². The molecule has 5 heteroatoms. The van der Waals surface area contributed by atoms with Gasteiger partial charge in [0.1, 0.15) is 0 Å². The number of benzene rings is 1. The lowest BCUT2D eigenvalue weighted by atomic mass is 10.2. The number of pyridine rings is 1. The van der Waals surface area contributed by atoms with Crippen molar-refractivity contribution in [3.8, 4) is 11.5 Å². The minimum absolute atomic E-state index is 0.588. The fraction of sp³-hybridized carbons (Fsp3) is 0.312. The summed E-state index contributed by atoms with van der Waals surface area (Å²) in [6, 6.07) is 8.02. The van der Waals surface area contributed by atoms with Crippen molar-refractivity contribution in [1.82, 2.24) is 10.3 Å². The molecule has 1 heterocycles. The van der Waals surface area contributed by atoms with E-state index in [0.29, 0.717) is 6.61 Å². The molecule has 21 heavy (non-hydrogen) atoms. The van der Waals surface area contributed by atoms with Crippen molar-refractivity contribution in [2.24, 2.45) is 0 Å². The van der Waals surface area contributed by atoms with Crippen LogP contribution in [0.3, 0.4) is 0 Å². The molecule has 112 valence electrons. The normalized spacial score (nSPS) is 10.4. The van der Waals surface area contributed by atoms with Crippen molar-refractivity contribution in [3.05, 3.63) is 52.3 Å². The molecular weight excluding hydrogens is 332 g/mol. The molecule has 4 nitrogen and oxygen atoms in total. The van der Waals surface area contributed by atoms with E-state index < -0.39 is 0 Å². The highest BCUT2D eigenvalue weighted by Crippen LogP contribution is 2.36. The summed E-state index contributed by atoms with van der Waals surface area (Å²) in [5.41, 5.74) is 2.34. The monoisotopic (exact) mass is 350 g/mol. The molecule has 0 amide bonds. The van der Waals surface area contributed by atoms with Crippen LogP contribution in [0.5, 0.6) is 11.5 Å². The third kappa shape index (κ3) is 4.44. The van der Waals surface area contributed by atoms with Crippen LogP contribution in [0.1, 0.15) is 11.1 Å². The van der Waals surface area contributed by atoms with Crippen LogP contribution >= 0.6 is 15.9 Å². The van der Waals surface area contributed by atoms with Crippen LogP contribution in [0.25, 0.3) is 0 Å². The second kappa shape index (κ2) is 8.00. The minimum Gasteiger partial charge on any atom is -0.493 e. The lowest BCUT2D eigenvalue weighted by Gasteiger charge is -2.14. The van der Waals surface area contributed by atoms with E-state index in [1.807, 2.05) is 31.3 Å². The molecule has 0 fully saturated rings. The third-order valence-electron chi connectivity index (χ3n) is 3.06. The number of ether oxygens (including phenoxy) is 2. The Bertz CT molecular complexity index is 576. The third-order valence-corrected chi connectivity index (χ3v) is 3.65. The van der Waals surface area contributed by atoms with E-state index in [2.05, 4.69) is 26.2 Å². The topological polar surface area (TPSA) is 43.4 Å². The minimum atomic E-state index is 0.588. The summed E-state index contributed by atoms with van der Waals surface area (Å²) in [6.45, 7) is 1.37. The molecule has 1 N–H and O–H groups in total. The van der Waals surface area contributed by atoms with Crippen LogP contribution in [0.4, 0.5) is 0 Å². The van der Waals surface area contributed by atoms with E-state index >= 15 is 0 Å². The van der Waals surface area contributed by atoms with E-state index in [4.69, 9.17) is 9.47 Å². The first-order valence-corrected chi connectivity index (χ1v) is 7.56. The molecule has 0 aliphatic carbocycles. The molecule has 0 aliphatic rings. The Labute approximate surface area is 133 Å². The van der Waals surface area contributed by atoms with E-state index in [9.17, 15) is 0 Å². The Morgan fingerprint density at radius 3 is 2.62 bits per heavy atom. The first kappa shape index (κ1) is 15.8. The number of nitrogens with zero attached hydrogens (tertiary/aromatic N) is 1. The lowest BCUT2D eigenvalue weighted by Crippen LogP contribution is -2.07. The summed E-state index contributed by atoms with van der Waals surface area (Å²) in [4.78, 5) is 4.01. The molecule has 0 saturated carbocycles. The maximum atomic E-state index is 5.88. The van der Waals surface area contributed by atoms with Crippen LogP contribution in [-0.4, -0.2) is 25.7 Å². The van der Waals surface area contributed by atoms with Crippen LogP contribution in [0, 0.1) is 0 Å². The average Bonchev–Trinajstić information content (AvgIpc) is 2.50. The van der Waals surface area contributed by atoms with E-state index in [0.717, 1.165) is 34.5 Å². The summed E-state index contributed by atoms with van der Waals surface area (Å²) in [7, 11) is 3.57. The standard InChI is InChI=1S/C16H19BrN2O2/c1-18-11-13-9-14(17)16(15(10-13)20-2)21-8-5-12-3-6-19-7-4-12/h3-4,6-7,9-10,18H,5,8,11H2,1-2H3. The van der Waals surface area contributed by atoms with E-state index in [-0.39, 0.29) is 0 Å². The van der Waals surface area contributed by atoms with Crippen LogP contribution < -0.4 is 14.8 Å². The van der Waals surface area contributed by atoms with Gasteiger partial charge in [-0.1, -0.05) is 0 Å². The van der Waals surface area contributed by atoms with Crippen LogP contribution in [-0.2, 0) is 13.0 Å². The smallest absolute Gasteiger partial charge is 0.175 e. The van der Waals surface area contributed by atoms with Crippen molar-refractivity contribution < 1.29 is 9.47 Å². The van der Waals surface area contributed by atoms with Crippen LogP contribution in [0.2, 0.25) is 0 Å². The quantitative estimate of drug-likeness (QED) is 0.832. The maximum absolute atomic E-state index is 5.88. The predicted octanol–water partition coefficient (Wildman–Crippen LogP) is 3.19. The van der Waals surface area contributed by atoms with Crippen molar-refractivity contribution >= 4 is 15.9 Å². The summed E-state index contributed by atoms with van der Waals surface area (Å²) in [5.74, 6) is 1.48. The van der Waals surface area contributed by atoms with Crippen molar-refractivity contribution in [3.63, 3.8) is 0 Å². The van der Waals surface area contributed by atoms with Gasteiger partial charge in [0, 0.05) is 25.4 Å². The van der Waals surface area contributed by atoms with Gasteiger partial charge in [0.05, 0.1) is 18.2 Å². The van der Waals surface area contributed by atoms with Gasteiger partial charge in [0.15, 0.2) is 11.5 Å². The zero-order chi connectivity index (χ0) is 15.1. The molecule has 2 aromatic rings. The number of hydrogen-bond donors (Lipinski definition) is 1. The average molecular weight is 351 g/mol. The second-order valence-corrected chi connectivity index (χ2v) is 5.45. The molecule has 0 bridgehead atoms. The van der Waals surface area contributed by atoms with E-state index in [1.165, 1.54) is 5.56 Å². The molecule has 0 saturated heterocycles. The molecular formula is C16H19BrN2O2. The predicted molar refractivity (Wildman–Crippen MR) is 86.9 cm³/mol. The van der Waals surface area contributed by atoms with E-state index in [1.54, 1.807) is 19.5 Å². The number of halogens is 1. The Morgan fingerprint density at radius 2 is 1.95 bits per heavy atom. The molecule has 0 spiro atoms. The maximum Gasteiger partial charge on any atom is 0.175 e. The first-order valence-electron chi connectivity index (χ1n) is 6.77. The van der Waals surface area contributed by atoms with Gasteiger partial charge in [-0.2, -0.15) is 0 Å². The number of hydrogen-bond acceptors (Lipinski definition) is 4. The van der Waals surface area contributed by atoms with Crippen molar-refractivity contribution in [1.29, 1.82) is 0 Å². The highest BCUT2D eigenvalue weighted by molar-refractivity contribution is 9.10. The summed E-state index contributed by atoms with van der Waals surface area (Å²) in [6.07, 6.45) is 4.41. The molecule has 0 unspecified atom stereocenters. The van der Waals surface area contributed by atoms with Gasteiger partial charge in [0.2, 0.25) is 0 Å². The Balaban J connectivity index is 2.05. The highest BCUT2D eigenvalue weighted by Gasteiger charge is 2.11. The molecule has 1 aromatic carbocycles. The second-order valence-electron chi connectivity index (χ2n) is 4.59. The lowest BCUT2D eigenvalue weighted by molar-refractivity contribution is 0.295. The van der Waals surface area contributed by atoms with Gasteiger partial charge in [-0.3, -0.25) is 4.98 Å². The molecule has 0 radical (unpaired) electrons. The van der Waals surface area contributed by atoms with Gasteiger partial charge in [-0.25, -0.2) is 0 Å². The number of aromatic nitrogens is 1. The van der Waals surface area contributed by atoms with Gasteiger partial charge in [-0.05, 0) is 58.4 Å². The fourth-order valence-corrected chi connectivity index (χ4v) is 2.64. The van der Waals surface area contributed by atoms with Crippen molar-refractivity contribution in [2.45, 2.75) is 13.0 Å². The van der Waals surface area contributed by atoms with Gasteiger partial charge in [0.25, 0.3) is 0 Å². The van der Waals surface area contributed by atoms with Crippen LogP contribution in [0.15, 0.2) is 41.1 Å². The number of rotatable bonds is 7. The summed E-state index contributed by atoms with van der Waals surface area (Å²) in [5, 5.41) is 3.12. The zero-order valence-electron chi connectivity index (χ0n) is 12.2. The number of nitrogens with one attached hydrogen (secondary N) is 1. The SMILES string of the molecule is CNCc1cc(Br)c(OCCc2ccncc2)c(OC)c1. The van der Waals surface area contributed by atoms with Crippen molar-refractivity contribution in [2.75, 3.05) is 20.8 Å². The zero-order valence-corrected chi connectivity index (χ0v) is 13.8. The van der Waals surface area contributed by atoms with Gasteiger partial charge >= 0.3 is 0 Å². The first-order chi connectivity index (χ1) is 10.2. The summed E-state index contributed by atoms with van der Waals surface area (Å²) >= 11 is 3.55. The molecule has 0 aliphatic heterocycles. The number of methoxy groups -OCH3 is 1. The molecule has 0 atom stereocenters.